The Hall–Kier alpha value is -1.92. The molecule has 0 atom stereocenters. The Morgan fingerprint density at radius 2 is 1.90 bits per heavy atom. The Balaban J connectivity index is 1.80. The number of carbonyl (C=O) groups excluding carboxylic acids is 2. The fourth-order valence-corrected chi connectivity index (χ4v) is 2.22. The zero-order chi connectivity index (χ0) is 15.2. The summed E-state index contributed by atoms with van der Waals surface area (Å²) in [6.45, 7) is 7.20. The fourth-order valence-electron chi connectivity index (χ4n) is 2.22. The Kier molecular flexibility index (Phi) is 5.30. The Morgan fingerprint density at radius 1 is 1.19 bits per heavy atom. The molecule has 3 N–H and O–H groups in total. The van der Waals surface area contributed by atoms with E-state index in [0.29, 0.717) is 25.4 Å². The van der Waals surface area contributed by atoms with Crippen molar-refractivity contribution in [2.45, 2.75) is 13.8 Å². The van der Waals surface area contributed by atoms with Crippen molar-refractivity contribution in [1.82, 2.24) is 5.32 Å². The van der Waals surface area contributed by atoms with Crippen LogP contribution >= 0.6 is 0 Å². The van der Waals surface area contributed by atoms with E-state index in [1.54, 1.807) is 0 Å². The monoisotopic (exact) mass is 292 g/mol. The van der Waals surface area contributed by atoms with E-state index in [1.807, 2.05) is 32.0 Å². The molecule has 0 aliphatic carbocycles. The molecule has 6 heteroatoms. The van der Waals surface area contributed by atoms with Crippen LogP contribution in [0, 0.1) is 13.8 Å². The number of morpholine rings is 1. The highest BCUT2D eigenvalue weighted by Crippen LogP contribution is 2.13. The summed E-state index contributed by atoms with van der Waals surface area (Å²) in [4.78, 5) is 24.7. The molecule has 0 spiro atoms. The van der Waals surface area contributed by atoms with Gasteiger partial charge in [-0.2, -0.15) is 0 Å². The maximum atomic E-state index is 11.8. The Morgan fingerprint density at radius 3 is 2.57 bits per heavy atom. The smallest absolute Gasteiger partial charge is 0.326 e. The minimum absolute atomic E-state index is 0.270. The third-order valence-electron chi connectivity index (χ3n) is 3.63. The number of benzene rings is 1. The van der Waals surface area contributed by atoms with Gasteiger partial charge >= 0.3 is 6.03 Å². The second kappa shape index (κ2) is 7.19. The van der Waals surface area contributed by atoms with Gasteiger partial charge in [-0.1, -0.05) is 6.07 Å². The van der Waals surface area contributed by atoms with E-state index in [-0.39, 0.29) is 5.91 Å². The number of ether oxygens (including phenoxy) is 1. The predicted molar refractivity (Wildman–Crippen MR) is 79.5 cm³/mol. The lowest BCUT2D eigenvalue weighted by Gasteiger charge is -2.22. The molecule has 1 saturated heterocycles. The Bertz CT molecular complexity index is 525. The standard InChI is InChI=1S/C15H21N3O3/c1-11-3-4-13(9-12(11)2)16-15(20)17-14(19)10-18-5-7-21-8-6-18/h3-4,9H,5-8,10H2,1-2H3,(H2,16,17,19,20)/p+1. The van der Waals surface area contributed by atoms with Gasteiger partial charge in [0.05, 0.1) is 13.2 Å². The SMILES string of the molecule is Cc1ccc(NC(=O)NC(=O)C[NH+]2CCOCC2)cc1C. The average molecular weight is 292 g/mol. The van der Waals surface area contributed by atoms with E-state index in [0.717, 1.165) is 29.1 Å². The number of amides is 3. The number of carbonyl (C=O) groups is 2. The first kappa shape index (κ1) is 15.5. The van der Waals surface area contributed by atoms with Crippen molar-refractivity contribution >= 4 is 17.6 Å². The molecule has 1 fully saturated rings. The summed E-state index contributed by atoms with van der Waals surface area (Å²) in [5, 5.41) is 5.03. The summed E-state index contributed by atoms with van der Waals surface area (Å²) in [5.41, 5.74) is 2.94. The molecular weight excluding hydrogens is 270 g/mol. The van der Waals surface area contributed by atoms with Crippen molar-refractivity contribution in [2.24, 2.45) is 0 Å². The molecule has 114 valence electrons. The number of anilines is 1. The van der Waals surface area contributed by atoms with Crippen LogP contribution in [0.1, 0.15) is 11.1 Å². The number of aryl methyl sites for hydroxylation is 2. The second-order valence-electron chi connectivity index (χ2n) is 5.34. The van der Waals surface area contributed by atoms with Crippen LogP contribution in [-0.4, -0.2) is 44.8 Å². The lowest BCUT2D eigenvalue weighted by Crippen LogP contribution is -3.15. The van der Waals surface area contributed by atoms with Gasteiger partial charge in [-0.25, -0.2) is 4.79 Å². The molecule has 0 aromatic heterocycles. The lowest BCUT2D eigenvalue weighted by molar-refractivity contribution is -0.900. The maximum Gasteiger partial charge on any atom is 0.326 e. The first-order chi connectivity index (χ1) is 10.0. The van der Waals surface area contributed by atoms with Crippen LogP contribution in [0.5, 0.6) is 0 Å². The van der Waals surface area contributed by atoms with Crippen LogP contribution in [0.2, 0.25) is 0 Å². The van der Waals surface area contributed by atoms with Crippen LogP contribution in [0.4, 0.5) is 10.5 Å². The maximum absolute atomic E-state index is 11.8. The van der Waals surface area contributed by atoms with E-state index in [2.05, 4.69) is 10.6 Å². The minimum atomic E-state index is -0.490. The molecule has 1 aromatic rings. The van der Waals surface area contributed by atoms with Crippen LogP contribution in [-0.2, 0) is 9.53 Å². The number of quaternary nitrogens is 1. The molecule has 0 saturated carbocycles. The number of hydrogen-bond donors (Lipinski definition) is 3. The highest BCUT2D eigenvalue weighted by Gasteiger charge is 2.19. The van der Waals surface area contributed by atoms with Crippen LogP contribution < -0.4 is 15.5 Å². The van der Waals surface area contributed by atoms with Gasteiger partial charge in [0.1, 0.15) is 13.1 Å². The van der Waals surface area contributed by atoms with Crippen LogP contribution in [0.15, 0.2) is 18.2 Å². The van der Waals surface area contributed by atoms with E-state index in [4.69, 9.17) is 4.74 Å². The van der Waals surface area contributed by atoms with Gasteiger partial charge in [-0.05, 0) is 37.1 Å². The third-order valence-corrected chi connectivity index (χ3v) is 3.63. The summed E-state index contributed by atoms with van der Waals surface area (Å²) in [5.74, 6) is -0.270. The molecule has 1 aliphatic rings. The van der Waals surface area contributed by atoms with Gasteiger partial charge < -0.3 is 15.0 Å². The van der Waals surface area contributed by atoms with Gasteiger partial charge in [-0.3, -0.25) is 10.1 Å². The van der Waals surface area contributed by atoms with Crippen molar-refractivity contribution in [3.63, 3.8) is 0 Å². The van der Waals surface area contributed by atoms with Crippen molar-refractivity contribution < 1.29 is 19.2 Å². The average Bonchev–Trinajstić information content (AvgIpc) is 2.43. The molecule has 1 aliphatic heterocycles. The number of nitrogens with one attached hydrogen (secondary N) is 3. The van der Waals surface area contributed by atoms with Crippen molar-refractivity contribution in [3.8, 4) is 0 Å². The van der Waals surface area contributed by atoms with Crippen LogP contribution in [0.25, 0.3) is 0 Å². The number of rotatable bonds is 3. The van der Waals surface area contributed by atoms with Crippen molar-refractivity contribution in [3.05, 3.63) is 29.3 Å². The highest BCUT2D eigenvalue weighted by atomic mass is 16.5. The molecule has 1 aromatic carbocycles. The first-order valence-electron chi connectivity index (χ1n) is 7.14. The minimum Gasteiger partial charge on any atom is -0.370 e. The molecule has 21 heavy (non-hydrogen) atoms. The van der Waals surface area contributed by atoms with Crippen LogP contribution in [0.3, 0.4) is 0 Å². The van der Waals surface area contributed by atoms with Gasteiger partial charge in [0.15, 0.2) is 6.54 Å². The van der Waals surface area contributed by atoms with Gasteiger partial charge in [0.25, 0.3) is 5.91 Å². The van der Waals surface area contributed by atoms with E-state index < -0.39 is 6.03 Å². The zero-order valence-electron chi connectivity index (χ0n) is 12.5. The van der Waals surface area contributed by atoms with E-state index >= 15 is 0 Å². The fraction of sp³-hybridized carbons (Fsp3) is 0.467. The summed E-state index contributed by atoms with van der Waals surface area (Å²) < 4.78 is 5.23. The topological polar surface area (TPSA) is 71.9 Å². The molecular formula is C15H22N3O3+. The molecule has 2 rings (SSSR count). The summed E-state index contributed by atoms with van der Waals surface area (Å²) >= 11 is 0. The lowest BCUT2D eigenvalue weighted by atomic mass is 10.1. The van der Waals surface area contributed by atoms with Gasteiger partial charge in [0, 0.05) is 5.69 Å². The second-order valence-corrected chi connectivity index (χ2v) is 5.34. The zero-order valence-corrected chi connectivity index (χ0v) is 12.5. The highest BCUT2D eigenvalue weighted by molar-refractivity contribution is 6.01. The number of hydrogen-bond acceptors (Lipinski definition) is 3. The molecule has 1 heterocycles. The summed E-state index contributed by atoms with van der Waals surface area (Å²) in [7, 11) is 0. The Labute approximate surface area is 124 Å². The van der Waals surface area contributed by atoms with Crippen molar-refractivity contribution in [1.29, 1.82) is 0 Å². The first-order valence-corrected chi connectivity index (χ1v) is 7.14. The van der Waals surface area contributed by atoms with E-state index in [1.165, 1.54) is 0 Å². The normalized spacial score (nSPS) is 15.5. The predicted octanol–water partition coefficient (Wildman–Crippen LogP) is -0.133. The number of imide groups is 1. The van der Waals surface area contributed by atoms with E-state index in [9.17, 15) is 9.59 Å². The summed E-state index contributed by atoms with van der Waals surface area (Å²) in [6.07, 6.45) is 0. The van der Waals surface area contributed by atoms with Gasteiger partial charge in [0.2, 0.25) is 0 Å². The quantitative estimate of drug-likeness (QED) is 0.726. The molecule has 0 bridgehead atoms. The molecule has 3 amide bonds. The largest absolute Gasteiger partial charge is 0.370 e. The molecule has 6 nitrogen and oxygen atoms in total. The molecule has 0 unspecified atom stereocenters. The van der Waals surface area contributed by atoms with Gasteiger partial charge in [-0.15, -0.1) is 0 Å². The number of urea groups is 1. The third kappa shape index (κ3) is 4.84. The molecule has 0 radical (unpaired) electrons. The van der Waals surface area contributed by atoms with Crippen molar-refractivity contribution in [2.75, 3.05) is 38.2 Å². The summed E-state index contributed by atoms with van der Waals surface area (Å²) in [6, 6.07) is 5.15.